The summed E-state index contributed by atoms with van der Waals surface area (Å²) >= 11 is 0. The quantitative estimate of drug-likeness (QED) is 0.618. The summed E-state index contributed by atoms with van der Waals surface area (Å²) in [5.41, 5.74) is 3.41. The van der Waals surface area contributed by atoms with Crippen LogP contribution in [0.15, 0.2) is 0 Å². The number of carbonyl (C=O) groups is 1. The Kier molecular flexibility index (Phi) is 2.64. The van der Waals surface area contributed by atoms with Gasteiger partial charge in [-0.15, -0.1) is 0 Å². The summed E-state index contributed by atoms with van der Waals surface area (Å²) in [6.45, 7) is 0.495. The van der Waals surface area contributed by atoms with E-state index in [1.807, 2.05) is 0 Å². The van der Waals surface area contributed by atoms with Crippen LogP contribution in [0.2, 0.25) is 0 Å². The molecule has 1 aliphatic heterocycles. The first-order valence-electron chi connectivity index (χ1n) is 3.81. The summed E-state index contributed by atoms with van der Waals surface area (Å²) < 4.78 is 18.5. The number of aliphatic carboxylic acids is 1. The van der Waals surface area contributed by atoms with E-state index in [0.29, 0.717) is 0 Å². The van der Waals surface area contributed by atoms with Gasteiger partial charge in [-0.2, -0.15) is 0 Å². The van der Waals surface area contributed by atoms with Gasteiger partial charge in [0.1, 0.15) is 11.7 Å². The van der Waals surface area contributed by atoms with E-state index in [9.17, 15) is 9.18 Å². The second kappa shape index (κ2) is 3.37. The Balaban J connectivity index is 2.62. The lowest BCUT2D eigenvalue weighted by molar-refractivity contribution is -0.145. The topological polar surface area (TPSA) is 72.6 Å². The molecule has 0 radical (unpaired) electrons. The molecule has 1 atom stereocenters. The third kappa shape index (κ3) is 1.73. The number of carboxylic acids is 1. The highest BCUT2D eigenvalue weighted by Gasteiger charge is 2.42. The molecule has 1 aliphatic rings. The number of hydrogen-bond donors (Lipinski definition) is 2. The predicted molar refractivity (Wildman–Crippen MR) is 39.5 cm³/mol. The highest BCUT2D eigenvalue weighted by molar-refractivity contribution is 5.74. The fourth-order valence-corrected chi connectivity index (χ4v) is 1.24. The van der Waals surface area contributed by atoms with Gasteiger partial charge >= 0.3 is 5.97 Å². The molecule has 0 amide bonds. The summed E-state index contributed by atoms with van der Waals surface area (Å²) in [4.78, 5) is 10.4. The molecule has 0 unspecified atom stereocenters. The van der Waals surface area contributed by atoms with Gasteiger partial charge < -0.3 is 15.6 Å². The van der Waals surface area contributed by atoms with Crippen molar-refractivity contribution in [3.63, 3.8) is 0 Å². The molecule has 12 heavy (non-hydrogen) atoms. The van der Waals surface area contributed by atoms with Gasteiger partial charge in [0, 0.05) is 26.1 Å². The molecule has 5 heteroatoms. The van der Waals surface area contributed by atoms with Gasteiger partial charge in [-0.25, -0.2) is 4.39 Å². The van der Waals surface area contributed by atoms with Gasteiger partial charge in [0.05, 0.1) is 0 Å². The predicted octanol–water partition coefficient (Wildman–Crippen LogP) is -0.0830. The van der Waals surface area contributed by atoms with Crippen molar-refractivity contribution in [2.75, 3.05) is 13.2 Å². The van der Waals surface area contributed by atoms with E-state index in [4.69, 9.17) is 15.6 Å². The third-order valence-electron chi connectivity index (χ3n) is 2.15. The number of nitrogens with two attached hydrogens (primary N) is 1. The number of hydrogen-bond acceptors (Lipinski definition) is 3. The molecule has 0 saturated carbocycles. The van der Waals surface area contributed by atoms with Gasteiger partial charge in [0.15, 0.2) is 0 Å². The molecule has 1 fully saturated rings. The molecule has 0 aromatic heterocycles. The Morgan fingerprint density at radius 3 is 2.50 bits per heavy atom. The Labute approximate surface area is 69.5 Å². The minimum atomic E-state index is -1.79. The van der Waals surface area contributed by atoms with Crippen molar-refractivity contribution >= 4 is 5.97 Å². The average molecular weight is 177 g/mol. The van der Waals surface area contributed by atoms with Crippen LogP contribution in [0.4, 0.5) is 4.39 Å². The summed E-state index contributed by atoms with van der Waals surface area (Å²) in [7, 11) is 0. The van der Waals surface area contributed by atoms with Crippen molar-refractivity contribution in [2.24, 2.45) is 5.73 Å². The molecule has 0 aromatic carbocycles. The van der Waals surface area contributed by atoms with E-state index in [2.05, 4.69) is 0 Å². The SMILES string of the molecule is N[C@H](C(=O)O)C1(F)CCOCC1. The van der Waals surface area contributed by atoms with Crippen LogP contribution in [0.3, 0.4) is 0 Å². The maximum Gasteiger partial charge on any atom is 0.323 e. The third-order valence-corrected chi connectivity index (χ3v) is 2.15. The molecule has 0 aliphatic carbocycles. The number of rotatable bonds is 2. The fraction of sp³-hybridized carbons (Fsp3) is 0.857. The van der Waals surface area contributed by atoms with E-state index in [1.54, 1.807) is 0 Å². The second-order valence-corrected chi connectivity index (χ2v) is 2.96. The van der Waals surface area contributed by atoms with E-state index in [1.165, 1.54) is 0 Å². The first-order chi connectivity index (χ1) is 5.56. The van der Waals surface area contributed by atoms with E-state index in [-0.39, 0.29) is 26.1 Å². The van der Waals surface area contributed by atoms with Crippen LogP contribution in [0.5, 0.6) is 0 Å². The highest BCUT2D eigenvalue weighted by Crippen LogP contribution is 2.27. The largest absolute Gasteiger partial charge is 0.480 e. The highest BCUT2D eigenvalue weighted by atomic mass is 19.1. The van der Waals surface area contributed by atoms with Crippen LogP contribution >= 0.6 is 0 Å². The molecular formula is C7H12FNO3. The van der Waals surface area contributed by atoms with Crippen LogP contribution in [-0.4, -0.2) is 36.0 Å². The lowest BCUT2D eigenvalue weighted by Crippen LogP contribution is -2.52. The van der Waals surface area contributed by atoms with E-state index < -0.39 is 17.7 Å². The maximum absolute atomic E-state index is 13.6. The molecule has 4 nitrogen and oxygen atoms in total. The molecule has 1 rings (SSSR count). The Morgan fingerprint density at radius 2 is 2.08 bits per heavy atom. The van der Waals surface area contributed by atoms with Gasteiger partial charge in [0.2, 0.25) is 0 Å². The molecule has 0 bridgehead atoms. The lowest BCUT2D eigenvalue weighted by Gasteiger charge is -2.32. The zero-order chi connectivity index (χ0) is 9.19. The van der Waals surface area contributed by atoms with Crippen molar-refractivity contribution in [2.45, 2.75) is 24.6 Å². The molecule has 70 valence electrons. The molecular weight excluding hydrogens is 165 g/mol. The minimum absolute atomic E-state index is 0.0699. The van der Waals surface area contributed by atoms with Crippen molar-refractivity contribution in [3.05, 3.63) is 0 Å². The van der Waals surface area contributed by atoms with Gasteiger partial charge in [-0.1, -0.05) is 0 Å². The molecule has 0 spiro atoms. The minimum Gasteiger partial charge on any atom is -0.480 e. The number of halogens is 1. The molecule has 3 N–H and O–H groups in total. The average Bonchev–Trinajstić information content (AvgIpc) is 2.04. The first kappa shape index (κ1) is 9.41. The summed E-state index contributed by atoms with van der Waals surface area (Å²) in [5.74, 6) is -1.29. The summed E-state index contributed by atoms with van der Waals surface area (Å²) in [6, 6.07) is -1.43. The monoisotopic (exact) mass is 177 g/mol. The van der Waals surface area contributed by atoms with Crippen molar-refractivity contribution in [3.8, 4) is 0 Å². The smallest absolute Gasteiger partial charge is 0.323 e. The number of ether oxygens (including phenoxy) is 1. The van der Waals surface area contributed by atoms with E-state index >= 15 is 0 Å². The lowest BCUT2D eigenvalue weighted by atomic mass is 9.89. The Bertz CT molecular complexity index is 179. The molecule has 1 heterocycles. The number of alkyl halides is 1. The standard InChI is InChI=1S/C7H12FNO3/c8-7(5(9)6(10)11)1-3-12-4-2-7/h5H,1-4,9H2,(H,10,11)/t5-/m1/s1. The maximum atomic E-state index is 13.6. The van der Waals surface area contributed by atoms with E-state index in [0.717, 1.165) is 0 Å². The van der Waals surface area contributed by atoms with Gasteiger partial charge in [-0.3, -0.25) is 4.79 Å². The van der Waals surface area contributed by atoms with Crippen LogP contribution in [0.1, 0.15) is 12.8 Å². The zero-order valence-corrected chi connectivity index (χ0v) is 6.62. The fourth-order valence-electron chi connectivity index (χ4n) is 1.24. The van der Waals surface area contributed by atoms with Crippen LogP contribution < -0.4 is 5.73 Å². The normalized spacial score (nSPS) is 24.8. The summed E-state index contributed by atoms with van der Waals surface area (Å²) in [5, 5.41) is 8.49. The first-order valence-corrected chi connectivity index (χ1v) is 3.81. The number of carboxylic acid groups (broad SMARTS) is 1. The second-order valence-electron chi connectivity index (χ2n) is 2.96. The van der Waals surface area contributed by atoms with Crippen molar-refractivity contribution in [1.82, 2.24) is 0 Å². The van der Waals surface area contributed by atoms with Gasteiger partial charge in [0.25, 0.3) is 0 Å². The van der Waals surface area contributed by atoms with Crippen LogP contribution in [-0.2, 0) is 9.53 Å². The van der Waals surface area contributed by atoms with Crippen molar-refractivity contribution in [1.29, 1.82) is 0 Å². The molecule has 1 saturated heterocycles. The van der Waals surface area contributed by atoms with Crippen LogP contribution in [0, 0.1) is 0 Å². The van der Waals surface area contributed by atoms with Crippen LogP contribution in [0.25, 0.3) is 0 Å². The van der Waals surface area contributed by atoms with Gasteiger partial charge in [-0.05, 0) is 0 Å². The van der Waals surface area contributed by atoms with Crippen molar-refractivity contribution < 1.29 is 19.0 Å². The molecule has 0 aromatic rings. The Morgan fingerprint density at radius 1 is 1.58 bits per heavy atom. The Hall–Kier alpha value is -0.680. The summed E-state index contributed by atoms with van der Waals surface area (Å²) in [6.07, 6.45) is 0.140. The zero-order valence-electron chi connectivity index (χ0n) is 6.62.